The molecule has 0 fully saturated rings. The van der Waals surface area contributed by atoms with Crippen LogP contribution in [0.3, 0.4) is 0 Å². The minimum Gasteiger partial charge on any atom is -0.488 e. The predicted molar refractivity (Wildman–Crippen MR) is 125 cm³/mol. The van der Waals surface area contributed by atoms with Crippen LogP contribution in [-0.2, 0) is 6.61 Å². The van der Waals surface area contributed by atoms with Gasteiger partial charge in [-0.15, -0.1) is 0 Å². The number of benzene rings is 3. The summed E-state index contributed by atoms with van der Waals surface area (Å²) in [6, 6.07) is 25.6. The number of allylic oxidation sites excluding steroid dienone is 2. The van der Waals surface area contributed by atoms with E-state index in [1.807, 2.05) is 54.7 Å². The average Bonchev–Trinajstić information content (AvgIpc) is 2.84. The van der Waals surface area contributed by atoms with Crippen molar-refractivity contribution < 1.29 is 9.53 Å². The number of hydrogen-bond donors (Lipinski definition) is 1. The first-order valence-corrected chi connectivity index (χ1v) is 10.6. The van der Waals surface area contributed by atoms with E-state index < -0.39 is 0 Å². The maximum Gasteiger partial charge on any atom is 0.271 e. The van der Waals surface area contributed by atoms with Gasteiger partial charge in [-0.2, -0.15) is 5.10 Å². The van der Waals surface area contributed by atoms with E-state index in [2.05, 4.69) is 40.9 Å². The van der Waals surface area contributed by atoms with E-state index in [1.165, 1.54) is 0 Å². The number of amides is 1. The third-order valence-electron chi connectivity index (χ3n) is 5.34. The molecule has 4 rings (SSSR count). The number of nitrogens with one attached hydrogen (secondary N) is 1. The smallest absolute Gasteiger partial charge is 0.271 e. The summed E-state index contributed by atoms with van der Waals surface area (Å²) < 4.78 is 6.08. The molecular weight excluding hydrogens is 384 g/mol. The van der Waals surface area contributed by atoms with Crippen LogP contribution in [0.4, 0.5) is 0 Å². The number of rotatable bonds is 7. The highest BCUT2D eigenvalue weighted by molar-refractivity contribution is 5.94. The minimum absolute atomic E-state index is 0.204. The number of ether oxygens (including phenoxy) is 1. The van der Waals surface area contributed by atoms with Crippen LogP contribution < -0.4 is 10.2 Å². The molecule has 156 valence electrons. The van der Waals surface area contributed by atoms with Crippen molar-refractivity contribution >= 4 is 12.1 Å². The third kappa shape index (κ3) is 5.70. The number of nitrogens with zero attached hydrogens (tertiary/aromatic N) is 1. The van der Waals surface area contributed by atoms with Crippen LogP contribution in [0.2, 0.25) is 0 Å². The van der Waals surface area contributed by atoms with E-state index in [0.717, 1.165) is 41.7 Å². The van der Waals surface area contributed by atoms with Gasteiger partial charge >= 0.3 is 0 Å². The molecule has 1 N–H and O–H groups in total. The van der Waals surface area contributed by atoms with E-state index in [4.69, 9.17) is 4.74 Å². The molecule has 4 nitrogen and oxygen atoms in total. The summed E-state index contributed by atoms with van der Waals surface area (Å²) in [4.78, 5) is 12.3. The van der Waals surface area contributed by atoms with E-state index >= 15 is 0 Å². The molecule has 0 spiro atoms. The second-order valence-corrected chi connectivity index (χ2v) is 7.61. The molecule has 0 aromatic heterocycles. The van der Waals surface area contributed by atoms with Gasteiger partial charge in [0.1, 0.15) is 12.4 Å². The Morgan fingerprint density at radius 3 is 2.52 bits per heavy atom. The molecule has 1 amide bonds. The number of hydrazone groups is 1. The Kier molecular flexibility index (Phi) is 6.91. The number of hydrogen-bond acceptors (Lipinski definition) is 3. The van der Waals surface area contributed by atoms with Crippen LogP contribution in [0.25, 0.3) is 11.1 Å². The molecule has 0 saturated carbocycles. The van der Waals surface area contributed by atoms with Gasteiger partial charge in [0.15, 0.2) is 0 Å². The van der Waals surface area contributed by atoms with Crippen LogP contribution in [0.15, 0.2) is 96.1 Å². The zero-order valence-electron chi connectivity index (χ0n) is 17.4. The lowest BCUT2D eigenvalue weighted by molar-refractivity contribution is 0.0955. The first-order valence-electron chi connectivity index (χ1n) is 10.6. The van der Waals surface area contributed by atoms with Crippen molar-refractivity contribution in [3.63, 3.8) is 0 Å². The lowest BCUT2D eigenvalue weighted by Crippen LogP contribution is -2.18. The molecule has 4 heteroatoms. The molecule has 1 aliphatic rings. The SMILES string of the molecule is O=C(N/N=C\[C@@H]1CC=CCC1)c1ccc(COc2ccccc2-c2ccccc2)cc1. The fraction of sp³-hybridized carbons (Fsp3) is 0.185. The third-order valence-corrected chi connectivity index (χ3v) is 5.34. The summed E-state index contributed by atoms with van der Waals surface area (Å²) in [5.74, 6) is 1.04. The molecule has 0 saturated heterocycles. The summed E-state index contributed by atoms with van der Waals surface area (Å²) in [5, 5.41) is 4.13. The van der Waals surface area contributed by atoms with E-state index in [-0.39, 0.29) is 5.91 Å². The summed E-state index contributed by atoms with van der Waals surface area (Å²) in [6.07, 6.45) is 9.34. The maximum atomic E-state index is 12.3. The molecule has 0 bridgehead atoms. The molecule has 1 atom stereocenters. The standard InChI is InChI=1S/C27H26N2O2/c30-27(29-28-19-21-9-3-1-4-10-21)24-17-15-22(16-18-24)20-31-26-14-8-7-13-25(26)23-11-5-2-6-12-23/h1-3,5-8,11-19,21H,4,9-10,20H2,(H,29,30)/b28-19-/t21-/m1/s1. The Balaban J connectivity index is 1.34. The van der Waals surface area contributed by atoms with E-state index in [1.54, 1.807) is 12.1 Å². The van der Waals surface area contributed by atoms with Crippen molar-refractivity contribution in [1.82, 2.24) is 5.43 Å². The normalized spacial score (nSPS) is 15.7. The molecule has 0 heterocycles. The lowest BCUT2D eigenvalue weighted by Gasteiger charge is -2.12. The van der Waals surface area contributed by atoms with Gasteiger partial charge in [-0.3, -0.25) is 4.79 Å². The summed E-state index contributed by atoms with van der Waals surface area (Å²) in [6.45, 7) is 0.430. The van der Waals surface area contributed by atoms with Gasteiger partial charge in [0.2, 0.25) is 0 Å². The van der Waals surface area contributed by atoms with Crippen molar-refractivity contribution in [2.24, 2.45) is 11.0 Å². The van der Waals surface area contributed by atoms with Gasteiger partial charge in [-0.25, -0.2) is 5.43 Å². The van der Waals surface area contributed by atoms with Crippen molar-refractivity contribution in [1.29, 1.82) is 0 Å². The monoisotopic (exact) mass is 410 g/mol. The molecule has 0 aliphatic heterocycles. The van der Waals surface area contributed by atoms with Crippen molar-refractivity contribution in [3.05, 3.63) is 102 Å². The van der Waals surface area contributed by atoms with Gasteiger partial charge in [0.05, 0.1) is 0 Å². The summed E-state index contributed by atoms with van der Waals surface area (Å²) >= 11 is 0. The zero-order chi connectivity index (χ0) is 21.3. The van der Waals surface area contributed by atoms with Crippen LogP contribution in [-0.4, -0.2) is 12.1 Å². The number of carbonyl (C=O) groups is 1. The molecule has 3 aromatic carbocycles. The number of para-hydroxylation sites is 1. The maximum absolute atomic E-state index is 12.3. The topological polar surface area (TPSA) is 50.7 Å². The average molecular weight is 411 g/mol. The highest BCUT2D eigenvalue weighted by Crippen LogP contribution is 2.30. The second-order valence-electron chi connectivity index (χ2n) is 7.61. The Labute approximate surface area is 183 Å². The molecule has 0 unspecified atom stereocenters. The highest BCUT2D eigenvalue weighted by Gasteiger charge is 2.09. The first-order chi connectivity index (χ1) is 15.3. The quantitative estimate of drug-likeness (QED) is 0.295. The van der Waals surface area contributed by atoms with Gasteiger partial charge in [0.25, 0.3) is 5.91 Å². The zero-order valence-corrected chi connectivity index (χ0v) is 17.4. The molecule has 31 heavy (non-hydrogen) atoms. The van der Waals surface area contributed by atoms with Crippen molar-refractivity contribution in [3.8, 4) is 16.9 Å². The fourth-order valence-corrected chi connectivity index (χ4v) is 3.58. The molecule has 3 aromatic rings. The van der Waals surface area contributed by atoms with Gasteiger partial charge < -0.3 is 4.74 Å². The Bertz CT molecular complexity index is 1060. The minimum atomic E-state index is -0.204. The van der Waals surface area contributed by atoms with Crippen molar-refractivity contribution in [2.45, 2.75) is 25.9 Å². The second kappa shape index (κ2) is 10.4. The van der Waals surface area contributed by atoms with Crippen LogP contribution >= 0.6 is 0 Å². The van der Waals surface area contributed by atoms with E-state index in [0.29, 0.717) is 18.1 Å². The first kappa shape index (κ1) is 20.6. The Hall–Kier alpha value is -3.66. The van der Waals surface area contributed by atoms with Gasteiger partial charge in [-0.05, 0) is 54.5 Å². The van der Waals surface area contributed by atoms with Gasteiger partial charge in [-0.1, -0.05) is 72.8 Å². The molecule has 0 radical (unpaired) electrons. The summed E-state index contributed by atoms with van der Waals surface area (Å²) in [7, 11) is 0. The Morgan fingerprint density at radius 2 is 1.74 bits per heavy atom. The fourth-order valence-electron chi connectivity index (χ4n) is 3.58. The summed E-state index contributed by atoms with van der Waals surface area (Å²) in [5.41, 5.74) is 6.38. The van der Waals surface area contributed by atoms with Crippen LogP contribution in [0, 0.1) is 5.92 Å². The molecule has 1 aliphatic carbocycles. The lowest BCUT2D eigenvalue weighted by atomic mass is 9.96. The van der Waals surface area contributed by atoms with Crippen molar-refractivity contribution in [2.75, 3.05) is 0 Å². The molecular formula is C27H26N2O2. The van der Waals surface area contributed by atoms with Crippen LogP contribution in [0.5, 0.6) is 5.75 Å². The number of carbonyl (C=O) groups excluding carboxylic acids is 1. The highest BCUT2D eigenvalue weighted by atomic mass is 16.5. The Morgan fingerprint density at radius 1 is 0.968 bits per heavy atom. The van der Waals surface area contributed by atoms with Crippen LogP contribution in [0.1, 0.15) is 35.2 Å². The van der Waals surface area contributed by atoms with E-state index in [9.17, 15) is 4.79 Å². The predicted octanol–water partition coefficient (Wildman–Crippen LogP) is 6.00. The largest absolute Gasteiger partial charge is 0.488 e. The van der Waals surface area contributed by atoms with Gasteiger partial charge in [0, 0.05) is 17.3 Å².